The molecule has 0 fully saturated rings. The summed E-state index contributed by atoms with van der Waals surface area (Å²) in [5.41, 5.74) is 2.38. The van der Waals surface area contributed by atoms with Crippen LogP contribution in [0.4, 0.5) is 8.78 Å². The monoisotopic (exact) mass is 632 g/mol. The lowest BCUT2D eigenvalue weighted by molar-refractivity contribution is -0.128. The summed E-state index contributed by atoms with van der Waals surface area (Å²) in [5, 5.41) is 12.2. The van der Waals surface area contributed by atoms with Crippen molar-refractivity contribution in [3.05, 3.63) is 77.0 Å². The van der Waals surface area contributed by atoms with E-state index in [1.54, 1.807) is 18.2 Å². The zero-order chi connectivity index (χ0) is 34.0. The summed E-state index contributed by atoms with van der Waals surface area (Å²) < 4.78 is 32.5. The van der Waals surface area contributed by atoms with E-state index in [0.29, 0.717) is 50.3 Å². The highest BCUT2D eigenvalue weighted by Crippen LogP contribution is 2.23. The van der Waals surface area contributed by atoms with Crippen LogP contribution in [-0.2, 0) is 16.0 Å². The summed E-state index contributed by atoms with van der Waals surface area (Å²) in [6.07, 6.45) is 6.43. The Morgan fingerprint density at radius 3 is 2.27 bits per heavy atom. The Balaban J connectivity index is 0.00000124. The van der Waals surface area contributed by atoms with Crippen molar-refractivity contribution in [2.24, 2.45) is 0 Å². The van der Waals surface area contributed by atoms with Crippen molar-refractivity contribution in [2.75, 3.05) is 26.2 Å². The molecule has 2 atom stereocenters. The number of amides is 2. The molecule has 0 saturated heterocycles. The topological polar surface area (TPSA) is 91.5 Å². The van der Waals surface area contributed by atoms with E-state index in [1.807, 2.05) is 53.7 Å². The number of ether oxygens (including phenoxy) is 1. The van der Waals surface area contributed by atoms with Gasteiger partial charge in [0.2, 0.25) is 11.8 Å². The molecule has 1 unspecified atom stereocenters. The fourth-order valence-corrected chi connectivity index (χ4v) is 4.13. The van der Waals surface area contributed by atoms with Gasteiger partial charge in [0.05, 0.1) is 6.54 Å². The molecule has 1 heterocycles. The van der Waals surface area contributed by atoms with E-state index in [4.69, 9.17) is 4.74 Å². The maximum atomic E-state index is 14.4. The summed E-state index contributed by atoms with van der Waals surface area (Å²) in [7, 11) is 0. The lowest BCUT2D eigenvalue weighted by Crippen LogP contribution is -2.49. The van der Waals surface area contributed by atoms with Gasteiger partial charge in [0.25, 0.3) is 0 Å². The summed E-state index contributed by atoms with van der Waals surface area (Å²) >= 11 is 0. The van der Waals surface area contributed by atoms with Crippen molar-refractivity contribution in [1.29, 1.82) is 0 Å². The van der Waals surface area contributed by atoms with Gasteiger partial charge in [-0.05, 0) is 69.4 Å². The van der Waals surface area contributed by atoms with E-state index in [0.717, 1.165) is 24.1 Å². The van der Waals surface area contributed by atoms with Crippen LogP contribution in [0.25, 0.3) is 0 Å². The van der Waals surface area contributed by atoms with E-state index in [-0.39, 0.29) is 36.0 Å². The zero-order valence-corrected chi connectivity index (χ0v) is 28.8. The Kier molecular flexibility index (Phi) is 23.8. The number of rotatable bonds is 3. The molecular formula is C36H58F2N4O3. The summed E-state index contributed by atoms with van der Waals surface area (Å²) in [4.78, 5) is 25.0. The van der Waals surface area contributed by atoms with Gasteiger partial charge < -0.3 is 26.0 Å². The molecule has 0 spiro atoms. The number of allylic oxidation sites excluding steroid dienone is 1. The van der Waals surface area contributed by atoms with Gasteiger partial charge in [0, 0.05) is 30.4 Å². The van der Waals surface area contributed by atoms with Gasteiger partial charge in [0.1, 0.15) is 30.0 Å². The van der Waals surface area contributed by atoms with Gasteiger partial charge in [0.15, 0.2) is 0 Å². The van der Waals surface area contributed by atoms with E-state index in [9.17, 15) is 18.4 Å². The molecule has 254 valence electrons. The van der Waals surface area contributed by atoms with Crippen LogP contribution in [0.2, 0.25) is 0 Å². The molecule has 45 heavy (non-hydrogen) atoms. The maximum Gasteiger partial charge on any atom is 0.242 e. The fraction of sp³-hybridized carbons (Fsp3) is 0.556. The van der Waals surface area contributed by atoms with Gasteiger partial charge in [-0.3, -0.25) is 9.59 Å². The number of benzene rings is 2. The highest BCUT2D eigenvalue weighted by Gasteiger charge is 2.20. The first-order valence-electron chi connectivity index (χ1n) is 16.5. The van der Waals surface area contributed by atoms with Crippen molar-refractivity contribution in [2.45, 2.75) is 106 Å². The molecule has 0 aromatic heterocycles. The highest BCUT2D eigenvalue weighted by atomic mass is 19.1. The molecule has 7 nitrogen and oxygen atoms in total. The number of hydrogen-bond donors (Lipinski definition) is 4. The van der Waals surface area contributed by atoms with Gasteiger partial charge in [-0.15, -0.1) is 0 Å². The SMILES string of the molecule is CC.CC/C=C1\CN[C@@H](C)COc2cccc(F)c2CCCNC(=O)C(CCC)NC(=O)CN1.CCC.Cc1cccc(F)c1. The molecule has 0 bridgehead atoms. The second-order valence-electron chi connectivity index (χ2n) is 10.6. The zero-order valence-electron chi connectivity index (χ0n) is 28.8. The number of nitrogens with one attached hydrogen (secondary N) is 4. The van der Waals surface area contributed by atoms with Crippen LogP contribution >= 0.6 is 0 Å². The van der Waals surface area contributed by atoms with Crippen LogP contribution in [-0.4, -0.2) is 50.1 Å². The first kappa shape index (κ1) is 41.5. The standard InChI is InChI=1S/C24H37FN4O3.C7H7F.C3H8.C2H6/c1-4-8-18-14-27-17(3)16-32-22-12-6-11-20(25)19(22)10-7-13-26-24(31)21(9-5-2)29-23(30)15-28-18;1-6-3-2-4-7(8)5-6;1-3-2;1-2/h6,8,11-12,17,21,27-28H,4-5,7,9-10,13-16H2,1-3H3,(H,26,31)(H,29,30);2-5H,1H3;3H2,1-2H3;1-2H3/b18-8+;;;/t17-,21?;;;/m0.../s1. The Labute approximate surface area is 271 Å². The second-order valence-corrected chi connectivity index (χ2v) is 10.6. The molecule has 1 aliphatic heterocycles. The third-order valence-electron chi connectivity index (χ3n) is 6.24. The van der Waals surface area contributed by atoms with Crippen molar-refractivity contribution < 1.29 is 23.1 Å². The van der Waals surface area contributed by atoms with Crippen LogP contribution in [0.15, 0.2) is 54.2 Å². The first-order valence-corrected chi connectivity index (χ1v) is 16.5. The van der Waals surface area contributed by atoms with Crippen LogP contribution in [0.5, 0.6) is 5.75 Å². The quantitative estimate of drug-likeness (QED) is 0.293. The van der Waals surface area contributed by atoms with E-state index in [2.05, 4.69) is 35.1 Å². The molecule has 0 radical (unpaired) electrons. The minimum atomic E-state index is -0.586. The Hall–Kier alpha value is -3.46. The Morgan fingerprint density at radius 2 is 1.67 bits per heavy atom. The molecule has 1 aliphatic rings. The fourth-order valence-electron chi connectivity index (χ4n) is 4.13. The lowest BCUT2D eigenvalue weighted by atomic mass is 10.1. The summed E-state index contributed by atoms with van der Waals surface area (Å²) in [5.74, 6) is -0.382. The molecule has 4 N–H and O–H groups in total. The van der Waals surface area contributed by atoms with Gasteiger partial charge >= 0.3 is 0 Å². The molecular weight excluding hydrogens is 574 g/mol. The van der Waals surface area contributed by atoms with E-state index < -0.39 is 6.04 Å². The van der Waals surface area contributed by atoms with Gasteiger partial charge in [-0.1, -0.05) is 78.7 Å². The normalized spacial score (nSPS) is 18.6. The first-order chi connectivity index (χ1) is 21.6. The van der Waals surface area contributed by atoms with Crippen LogP contribution in [0.3, 0.4) is 0 Å². The minimum absolute atomic E-state index is 0.0223. The molecule has 2 aromatic rings. The van der Waals surface area contributed by atoms with Crippen molar-refractivity contribution in [1.82, 2.24) is 21.3 Å². The Bertz CT molecular complexity index is 1110. The third-order valence-corrected chi connectivity index (χ3v) is 6.24. The molecule has 2 aromatic carbocycles. The smallest absolute Gasteiger partial charge is 0.242 e. The lowest BCUT2D eigenvalue weighted by Gasteiger charge is -2.21. The minimum Gasteiger partial charge on any atom is -0.492 e. The van der Waals surface area contributed by atoms with E-state index in [1.165, 1.54) is 24.6 Å². The van der Waals surface area contributed by atoms with Gasteiger partial charge in [-0.25, -0.2) is 8.78 Å². The summed E-state index contributed by atoms with van der Waals surface area (Å²) in [6.45, 7) is 17.5. The number of carbonyl (C=O) groups excluding carboxylic acids is 2. The molecule has 3 rings (SSSR count). The van der Waals surface area contributed by atoms with Gasteiger partial charge in [-0.2, -0.15) is 0 Å². The maximum absolute atomic E-state index is 14.4. The van der Waals surface area contributed by atoms with Crippen LogP contribution in [0, 0.1) is 18.6 Å². The average molecular weight is 633 g/mol. The predicted molar refractivity (Wildman–Crippen MR) is 182 cm³/mol. The number of halogens is 2. The van der Waals surface area contributed by atoms with Crippen molar-refractivity contribution in [3.8, 4) is 5.75 Å². The van der Waals surface area contributed by atoms with Crippen LogP contribution in [0.1, 0.15) is 91.7 Å². The molecule has 0 aliphatic carbocycles. The predicted octanol–water partition coefficient (Wildman–Crippen LogP) is 6.99. The average Bonchev–Trinajstić information content (AvgIpc) is 3.01. The van der Waals surface area contributed by atoms with Crippen LogP contribution < -0.4 is 26.0 Å². The molecule has 0 saturated carbocycles. The molecule has 9 heteroatoms. The number of carbonyl (C=O) groups is 2. The summed E-state index contributed by atoms with van der Waals surface area (Å²) in [6, 6.07) is 10.8. The number of hydrogen-bond acceptors (Lipinski definition) is 5. The van der Waals surface area contributed by atoms with Crippen molar-refractivity contribution in [3.63, 3.8) is 0 Å². The third kappa shape index (κ3) is 18.8. The molecule has 2 amide bonds. The number of fused-ring (bicyclic) bond motifs is 1. The Morgan fingerprint density at radius 1 is 0.978 bits per heavy atom. The second kappa shape index (κ2) is 25.8. The number of aryl methyl sites for hydroxylation is 1. The highest BCUT2D eigenvalue weighted by molar-refractivity contribution is 5.88. The van der Waals surface area contributed by atoms with E-state index >= 15 is 0 Å². The largest absolute Gasteiger partial charge is 0.492 e. The van der Waals surface area contributed by atoms with Crippen molar-refractivity contribution >= 4 is 11.8 Å².